The third kappa shape index (κ3) is 4.76. The third-order valence-electron chi connectivity index (χ3n) is 4.75. The molecular formula is C21H26O6. The van der Waals surface area contributed by atoms with Crippen LogP contribution in [0.4, 0.5) is 0 Å². The fourth-order valence-corrected chi connectivity index (χ4v) is 3.47. The average molecular weight is 374 g/mol. The highest BCUT2D eigenvalue weighted by Crippen LogP contribution is 2.49. The lowest BCUT2D eigenvalue weighted by Gasteiger charge is -2.24. The summed E-state index contributed by atoms with van der Waals surface area (Å²) in [4.78, 5) is 37.3. The number of rotatable bonds is 7. The molecule has 1 aliphatic carbocycles. The number of carbonyl (C=O) groups excluding carboxylic acids is 3. The van der Waals surface area contributed by atoms with Crippen LogP contribution in [0.5, 0.6) is 0 Å². The Bertz CT molecular complexity index is 689. The molecule has 0 radical (unpaired) electrons. The van der Waals surface area contributed by atoms with Gasteiger partial charge in [0.15, 0.2) is 5.41 Å². The Morgan fingerprint density at radius 2 is 1.67 bits per heavy atom. The summed E-state index contributed by atoms with van der Waals surface area (Å²) in [6.45, 7) is 3.72. The van der Waals surface area contributed by atoms with Gasteiger partial charge < -0.3 is 14.2 Å². The van der Waals surface area contributed by atoms with Gasteiger partial charge in [-0.1, -0.05) is 42.0 Å². The largest absolute Gasteiger partial charge is 0.469 e. The maximum Gasteiger partial charge on any atom is 0.323 e. The SMILES string of the molecule is CCOC(=O)C1(C(=O)OCC)C/C(=C/c2ccccc2)C(CC(=O)OC)C1. The number of carbonyl (C=O) groups is 3. The van der Waals surface area contributed by atoms with Crippen LogP contribution in [0, 0.1) is 11.3 Å². The maximum absolute atomic E-state index is 12.7. The second-order valence-electron chi connectivity index (χ2n) is 6.51. The minimum absolute atomic E-state index is 0.0930. The molecule has 6 nitrogen and oxygen atoms in total. The summed E-state index contributed by atoms with van der Waals surface area (Å²) in [5, 5.41) is 0. The van der Waals surface area contributed by atoms with Crippen LogP contribution in [-0.4, -0.2) is 38.2 Å². The Morgan fingerprint density at radius 1 is 1.07 bits per heavy atom. The number of ether oxygens (including phenoxy) is 3. The molecule has 1 fully saturated rings. The number of methoxy groups -OCH3 is 1. The van der Waals surface area contributed by atoms with Crippen LogP contribution < -0.4 is 0 Å². The number of esters is 3. The lowest BCUT2D eigenvalue weighted by atomic mass is 9.84. The summed E-state index contributed by atoms with van der Waals surface area (Å²) in [5.74, 6) is -1.89. The first-order valence-corrected chi connectivity index (χ1v) is 9.13. The number of allylic oxidation sites excluding steroid dienone is 1. The van der Waals surface area contributed by atoms with E-state index in [0.29, 0.717) is 0 Å². The van der Waals surface area contributed by atoms with E-state index in [4.69, 9.17) is 14.2 Å². The Labute approximate surface area is 159 Å². The van der Waals surface area contributed by atoms with Crippen molar-refractivity contribution in [3.8, 4) is 0 Å². The van der Waals surface area contributed by atoms with Crippen molar-refractivity contribution in [1.29, 1.82) is 0 Å². The minimum Gasteiger partial charge on any atom is -0.469 e. The molecule has 0 saturated heterocycles. The number of hydrogen-bond donors (Lipinski definition) is 0. The Hall–Kier alpha value is -2.63. The van der Waals surface area contributed by atoms with E-state index >= 15 is 0 Å². The molecule has 1 unspecified atom stereocenters. The molecule has 0 aliphatic heterocycles. The van der Waals surface area contributed by atoms with Crippen molar-refractivity contribution in [1.82, 2.24) is 0 Å². The Kier molecular flexibility index (Phi) is 7.16. The molecule has 1 saturated carbocycles. The minimum atomic E-state index is -1.43. The normalized spacial score (nSPS) is 19.5. The lowest BCUT2D eigenvalue weighted by Crippen LogP contribution is -2.40. The molecule has 0 amide bonds. The fourth-order valence-electron chi connectivity index (χ4n) is 3.47. The molecule has 2 rings (SSSR count). The van der Waals surface area contributed by atoms with Gasteiger partial charge in [0, 0.05) is 0 Å². The molecule has 1 atom stereocenters. The molecule has 1 aliphatic rings. The van der Waals surface area contributed by atoms with Gasteiger partial charge in [-0.25, -0.2) is 0 Å². The monoisotopic (exact) mass is 374 g/mol. The van der Waals surface area contributed by atoms with E-state index in [0.717, 1.165) is 11.1 Å². The van der Waals surface area contributed by atoms with Crippen LogP contribution in [0.25, 0.3) is 6.08 Å². The second kappa shape index (κ2) is 9.35. The highest BCUT2D eigenvalue weighted by molar-refractivity contribution is 6.01. The maximum atomic E-state index is 12.7. The van der Waals surface area contributed by atoms with Crippen molar-refractivity contribution in [2.24, 2.45) is 11.3 Å². The highest BCUT2D eigenvalue weighted by Gasteiger charge is 2.56. The standard InChI is InChI=1S/C21H26O6/c1-4-26-19(23)21(20(24)27-5-2)13-16(11-15-9-7-6-8-10-15)17(14-21)12-18(22)25-3/h6-11,17H,4-5,12-14H2,1-3H3/b16-11-. The first-order chi connectivity index (χ1) is 13.0. The summed E-state index contributed by atoms with van der Waals surface area (Å²) in [7, 11) is 1.32. The quantitative estimate of drug-likeness (QED) is 0.414. The summed E-state index contributed by atoms with van der Waals surface area (Å²) in [6.07, 6.45) is 2.35. The van der Waals surface area contributed by atoms with Crippen LogP contribution in [0.3, 0.4) is 0 Å². The zero-order chi connectivity index (χ0) is 19.9. The van der Waals surface area contributed by atoms with E-state index in [1.54, 1.807) is 13.8 Å². The average Bonchev–Trinajstić information content (AvgIpc) is 3.02. The van der Waals surface area contributed by atoms with Gasteiger partial charge in [-0.2, -0.15) is 0 Å². The van der Waals surface area contributed by atoms with E-state index in [1.165, 1.54) is 7.11 Å². The van der Waals surface area contributed by atoms with Crippen LogP contribution in [0.1, 0.15) is 38.7 Å². The fraction of sp³-hybridized carbons (Fsp3) is 0.476. The Balaban J connectivity index is 2.44. The van der Waals surface area contributed by atoms with Crippen LogP contribution in [-0.2, 0) is 28.6 Å². The summed E-state index contributed by atoms with van der Waals surface area (Å²) in [6, 6.07) is 9.57. The molecular weight excluding hydrogens is 348 g/mol. The molecule has 0 N–H and O–H groups in total. The molecule has 0 heterocycles. The summed E-state index contributed by atoms with van der Waals surface area (Å²) < 4.78 is 15.2. The van der Waals surface area contributed by atoms with Gasteiger partial charge in [0.2, 0.25) is 0 Å². The second-order valence-corrected chi connectivity index (χ2v) is 6.51. The van der Waals surface area contributed by atoms with Crippen LogP contribution in [0.2, 0.25) is 0 Å². The summed E-state index contributed by atoms with van der Waals surface area (Å²) >= 11 is 0. The van der Waals surface area contributed by atoms with Gasteiger partial charge >= 0.3 is 17.9 Å². The zero-order valence-corrected chi connectivity index (χ0v) is 16.0. The van der Waals surface area contributed by atoms with E-state index in [-0.39, 0.29) is 44.4 Å². The zero-order valence-electron chi connectivity index (χ0n) is 16.0. The number of benzene rings is 1. The third-order valence-corrected chi connectivity index (χ3v) is 4.75. The predicted octanol–water partition coefficient (Wildman–Crippen LogP) is 3.16. The number of hydrogen-bond acceptors (Lipinski definition) is 6. The van der Waals surface area contributed by atoms with Gasteiger partial charge in [0.25, 0.3) is 0 Å². The Morgan fingerprint density at radius 3 is 2.19 bits per heavy atom. The van der Waals surface area contributed by atoms with Gasteiger partial charge in [-0.3, -0.25) is 14.4 Å². The highest BCUT2D eigenvalue weighted by atomic mass is 16.6. The first kappa shape index (κ1) is 20.7. The molecule has 0 bridgehead atoms. The molecule has 6 heteroatoms. The van der Waals surface area contributed by atoms with Gasteiger partial charge in [-0.05, 0) is 38.2 Å². The van der Waals surface area contributed by atoms with E-state index in [9.17, 15) is 14.4 Å². The molecule has 0 spiro atoms. The van der Waals surface area contributed by atoms with E-state index in [1.807, 2.05) is 36.4 Å². The molecule has 27 heavy (non-hydrogen) atoms. The van der Waals surface area contributed by atoms with E-state index in [2.05, 4.69) is 0 Å². The van der Waals surface area contributed by atoms with Crippen molar-refractivity contribution in [2.75, 3.05) is 20.3 Å². The van der Waals surface area contributed by atoms with Crippen molar-refractivity contribution in [3.05, 3.63) is 41.5 Å². The lowest BCUT2D eigenvalue weighted by molar-refractivity contribution is -0.172. The molecule has 146 valence electrons. The molecule has 1 aromatic carbocycles. The van der Waals surface area contributed by atoms with Gasteiger partial charge in [0.05, 0.1) is 26.7 Å². The van der Waals surface area contributed by atoms with Gasteiger partial charge in [0.1, 0.15) is 0 Å². The van der Waals surface area contributed by atoms with Crippen molar-refractivity contribution in [3.63, 3.8) is 0 Å². The predicted molar refractivity (Wildman–Crippen MR) is 99.5 cm³/mol. The van der Waals surface area contributed by atoms with Gasteiger partial charge in [-0.15, -0.1) is 0 Å². The smallest absolute Gasteiger partial charge is 0.323 e. The first-order valence-electron chi connectivity index (χ1n) is 9.13. The van der Waals surface area contributed by atoms with Crippen molar-refractivity contribution in [2.45, 2.75) is 33.1 Å². The van der Waals surface area contributed by atoms with Crippen LogP contribution in [0.15, 0.2) is 35.9 Å². The summed E-state index contributed by atoms with van der Waals surface area (Å²) in [5.41, 5.74) is 0.351. The van der Waals surface area contributed by atoms with Crippen LogP contribution >= 0.6 is 0 Å². The van der Waals surface area contributed by atoms with Crippen molar-refractivity contribution >= 4 is 24.0 Å². The van der Waals surface area contributed by atoms with E-state index < -0.39 is 17.4 Å². The molecule has 0 aromatic heterocycles. The molecule has 1 aromatic rings. The topological polar surface area (TPSA) is 78.9 Å². The van der Waals surface area contributed by atoms with Crippen molar-refractivity contribution < 1.29 is 28.6 Å².